The molecule has 10 heteroatoms. The number of benzene rings is 3. The molecule has 4 rings (SSSR count). The molecule has 1 aliphatic rings. The van der Waals surface area contributed by atoms with Gasteiger partial charge in [-0.3, -0.25) is 19.7 Å². The number of carbonyl (C=O) groups excluding carboxylic acids is 4. The summed E-state index contributed by atoms with van der Waals surface area (Å²) >= 11 is 0. The standard InChI is InChI=1S/C26H24N4O6/c1-35-22-11-4-17(14-30-15-23(31)29-26(30)34)12-21(22)25(33)28-13-16-2-7-19(8-3-16)36-20-9-5-18(6-10-20)24(27)32/h2-12H,13-15H2,1H3,(H2,27,32)(H,28,33)(H,29,31,34). The normalized spacial score (nSPS) is 12.8. The van der Waals surface area contributed by atoms with Gasteiger partial charge in [0.05, 0.1) is 12.7 Å². The van der Waals surface area contributed by atoms with Crippen LogP contribution in [0.25, 0.3) is 0 Å². The number of carbonyl (C=O) groups is 4. The highest BCUT2D eigenvalue weighted by molar-refractivity contribution is 6.02. The second kappa shape index (κ2) is 10.6. The van der Waals surface area contributed by atoms with Crippen molar-refractivity contribution in [1.29, 1.82) is 0 Å². The topological polar surface area (TPSA) is 140 Å². The van der Waals surface area contributed by atoms with E-state index in [9.17, 15) is 19.2 Å². The van der Waals surface area contributed by atoms with Gasteiger partial charge < -0.3 is 25.4 Å². The quantitative estimate of drug-likeness (QED) is 0.396. The minimum Gasteiger partial charge on any atom is -0.496 e. The molecule has 1 aliphatic heterocycles. The molecule has 0 aliphatic carbocycles. The van der Waals surface area contributed by atoms with E-state index < -0.39 is 11.9 Å². The van der Waals surface area contributed by atoms with E-state index in [0.717, 1.165) is 5.56 Å². The van der Waals surface area contributed by atoms with Gasteiger partial charge >= 0.3 is 6.03 Å². The summed E-state index contributed by atoms with van der Waals surface area (Å²) in [6.07, 6.45) is 0. The van der Waals surface area contributed by atoms with Crippen molar-refractivity contribution in [3.63, 3.8) is 0 Å². The van der Waals surface area contributed by atoms with Crippen molar-refractivity contribution in [3.05, 3.63) is 89.0 Å². The molecule has 4 N–H and O–H groups in total. The van der Waals surface area contributed by atoms with E-state index >= 15 is 0 Å². The van der Waals surface area contributed by atoms with Crippen molar-refractivity contribution in [2.45, 2.75) is 13.1 Å². The fourth-order valence-corrected chi connectivity index (χ4v) is 3.64. The first-order chi connectivity index (χ1) is 17.3. The van der Waals surface area contributed by atoms with Crippen LogP contribution in [0, 0.1) is 0 Å². The number of urea groups is 1. The number of hydrogen-bond donors (Lipinski definition) is 3. The Morgan fingerprint density at radius 1 is 0.972 bits per heavy atom. The Hall–Kier alpha value is -4.86. The maximum absolute atomic E-state index is 12.9. The van der Waals surface area contributed by atoms with Gasteiger partial charge in [0.2, 0.25) is 11.8 Å². The largest absolute Gasteiger partial charge is 0.496 e. The summed E-state index contributed by atoms with van der Waals surface area (Å²) in [4.78, 5) is 48.7. The van der Waals surface area contributed by atoms with Crippen LogP contribution in [-0.2, 0) is 17.9 Å². The molecule has 0 aromatic heterocycles. The van der Waals surface area contributed by atoms with Crippen LogP contribution in [0.3, 0.4) is 0 Å². The summed E-state index contributed by atoms with van der Waals surface area (Å²) in [5, 5.41) is 5.09. The third-order valence-electron chi connectivity index (χ3n) is 5.50. The molecule has 0 atom stereocenters. The molecule has 0 saturated carbocycles. The highest BCUT2D eigenvalue weighted by atomic mass is 16.5. The van der Waals surface area contributed by atoms with Gasteiger partial charge in [0.1, 0.15) is 23.8 Å². The van der Waals surface area contributed by atoms with Gasteiger partial charge in [0.25, 0.3) is 5.91 Å². The van der Waals surface area contributed by atoms with E-state index in [1.807, 2.05) is 12.1 Å². The highest BCUT2D eigenvalue weighted by Crippen LogP contribution is 2.23. The lowest BCUT2D eigenvalue weighted by molar-refractivity contribution is -0.118. The van der Waals surface area contributed by atoms with E-state index in [4.69, 9.17) is 15.2 Å². The lowest BCUT2D eigenvalue weighted by Gasteiger charge is -2.15. The molecule has 1 heterocycles. The predicted octanol–water partition coefficient (Wildman–Crippen LogP) is 2.57. The molecular weight excluding hydrogens is 464 g/mol. The Morgan fingerprint density at radius 3 is 2.19 bits per heavy atom. The van der Waals surface area contributed by atoms with Gasteiger partial charge in [-0.25, -0.2) is 4.79 Å². The Balaban J connectivity index is 1.37. The first-order valence-electron chi connectivity index (χ1n) is 11.0. The van der Waals surface area contributed by atoms with Crippen molar-refractivity contribution >= 4 is 23.8 Å². The fraction of sp³-hybridized carbons (Fsp3) is 0.154. The highest BCUT2D eigenvalue weighted by Gasteiger charge is 2.27. The maximum atomic E-state index is 12.9. The fourth-order valence-electron chi connectivity index (χ4n) is 3.64. The Kier molecular flexibility index (Phi) is 7.15. The van der Waals surface area contributed by atoms with Gasteiger partial charge in [-0.15, -0.1) is 0 Å². The smallest absolute Gasteiger partial charge is 0.324 e. The lowest BCUT2D eigenvalue weighted by atomic mass is 10.1. The summed E-state index contributed by atoms with van der Waals surface area (Å²) in [6, 6.07) is 18.3. The van der Waals surface area contributed by atoms with E-state index in [2.05, 4.69) is 10.6 Å². The molecule has 5 amide bonds. The molecule has 0 radical (unpaired) electrons. The Morgan fingerprint density at radius 2 is 1.61 bits per heavy atom. The van der Waals surface area contributed by atoms with Crippen LogP contribution in [0.1, 0.15) is 31.8 Å². The van der Waals surface area contributed by atoms with Crippen molar-refractivity contribution in [2.75, 3.05) is 13.7 Å². The number of nitrogens with two attached hydrogens (primary N) is 1. The van der Waals surface area contributed by atoms with Crippen molar-refractivity contribution in [1.82, 2.24) is 15.5 Å². The summed E-state index contributed by atoms with van der Waals surface area (Å²) < 4.78 is 11.1. The summed E-state index contributed by atoms with van der Waals surface area (Å²) in [5.41, 5.74) is 7.50. The minimum absolute atomic E-state index is 0.0230. The molecule has 1 fully saturated rings. The monoisotopic (exact) mass is 488 g/mol. The molecule has 0 unspecified atom stereocenters. The molecule has 3 aromatic carbocycles. The maximum Gasteiger partial charge on any atom is 0.324 e. The van der Waals surface area contributed by atoms with Gasteiger partial charge in [0.15, 0.2) is 0 Å². The number of imide groups is 1. The average Bonchev–Trinajstić information content (AvgIpc) is 3.19. The number of amides is 5. The Labute approximate surface area is 207 Å². The summed E-state index contributed by atoms with van der Waals surface area (Å²) in [6.45, 7) is 0.433. The van der Waals surface area contributed by atoms with Crippen molar-refractivity contribution < 1.29 is 28.7 Å². The molecule has 0 bridgehead atoms. The number of hydrogen-bond acceptors (Lipinski definition) is 6. The van der Waals surface area contributed by atoms with Crippen LogP contribution < -0.4 is 25.8 Å². The Bertz CT molecular complexity index is 1310. The minimum atomic E-state index is -0.507. The summed E-state index contributed by atoms with van der Waals surface area (Å²) in [5.74, 6) is 0.339. The zero-order chi connectivity index (χ0) is 25.7. The molecular formula is C26H24N4O6. The van der Waals surface area contributed by atoms with Crippen LogP contribution in [0.15, 0.2) is 66.7 Å². The van der Waals surface area contributed by atoms with Crippen LogP contribution in [-0.4, -0.2) is 42.3 Å². The molecule has 36 heavy (non-hydrogen) atoms. The third-order valence-corrected chi connectivity index (χ3v) is 5.50. The molecule has 10 nitrogen and oxygen atoms in total. The van der Waals surface area contributed by atoms with Gasteiger partial charge in [-0.1, -0.05) is 18.2 Å². The van der Waals surface area contributed by atoms with Gasteiger partial charge in [-0.05, 0) is 59.7 Å². The van der Waals surface area contributed by atoms with E-state index in [0.29, 0.717) is 33.9 Å². The van der Waals surface area contributed by atoms with Gasteiger partial charge in [0, 0.05) is 18.7 Å². The number of primary amides is 1. The lowest BCUT2D eigenvalue weighted by Crippen LogP contribution is -2.28. The van der Waals surface area contributed by atoms with E-state index in [1.165, 1.54) is 12.0 Å². The SMILES string of the molecule is COc1ccc(CN2CC(=O)NC2=O)cc1C(=O)NCc1ccc(Oc2ccc(C(N)=O)cc2)cc1. The molecule has 1 saturated heterocycles. The first kappa shape index (κ1) is 24.3. The number of methoxy groups -OCH3 is 1. The van der Waals surface area contributed by atoms with Gasteiger partial charge in [-0.2, -0.15) is 0 Å². The van der Waals surface area contributed by atoms with E-state index in [1.54, 1.807) is 54.6 Å². The number of rotatable bonds is 9. The van der Waals surface area contributed by atoms with Crippen LogP contribution >= 0.6 is 0 Å². The number of ether oxygens (including phenoxy) is 2. The van der Waals surface area contributed by atoms with Crippen LogP contribution in [0.5, 0.6) is 17.2 Å². The summed E-state index contributed by atoms with van der Waals surface area (Å²) in [7, 11) is 1.47. The van der Waals surface area contributed by atoms with Crippen molar-refractivity contribution in [3.8, 4) is 17.2 Å². The molecule has 3 aromatic rings. The zero-order valence-corrected chi connectivity index (χ0v) is 19.4. The first-order valence-corrected chi connectivity index (χ1v) is 11.0. The third kappa shape index (κ3) is 5.79. The molecule has 184 valence electrons. The zero-order valence-electron chi connectivity index (χ0n) is 19.4. The van der Waals surface area contributed by atoms with E-state index in [-0.39, 0.29) is 31.4 Å². The van der Waals surface area contributed by atoms with Crippen molar-refractivity contribution in [2.24, 2.45) is 5.73 Å². The van der Waals surface area contributed by atoms with Crippen LogP contribution in [0.4, 0.5) is 4.79 Å². The second-order valence-corrected chi connectivity index (χ2v) is 8.06. The second-order valence-electron chi connectivity index (χ2n) is 8.06. The average molecular weight is 489 g/mol. The predicted molar refractivity (Wildman–Crippen MR) is 130 cm³/mol. The number of nitrogens with zero attached hydrogens (tertiary/aromatic N) is 1. The molecule has 0 spiro atoms. The van der Waals surface area contributed by atoms with Crippen LogP contribution in [0.2, 0.25) is 0 Å². The number of nitrogens with one attached hydrogen (secondary N) is 2.